The van der Waals surface area contributed by atoms with Crippen LogP contribution in [0.25, 0.3) is 0 Å². The second-order valence-corrected chi connectivity index (χ2v) is 5.35. The molecule has 1 unspecified atom stereocenters. The second-order valence-electron chi connectivity index (χ2n) is 4.08. The fourth-order valence-corrected chi connectivity index (χ4v) is 2.87. The lowest BCUT2D eigenvalue weighted by atomic mass is 10.1. The van der Waals surface area contributed by atoms with Gasteiger partial charge in [-0.15, -0.1) is 11.8 Å². The molecule has 1 heterocycles. The van der Waals surface area contributed by atoms with Crippen molar-refractivity contribution in [3.05, 3.63) is 0 Å². The smallest absolute Gasteiger partial charge is 0.103 e. The van der Waals surface area contributed by atoms with E-state index in [4.69, 9.17) is 4.74 Å². The van der Waals surface area contributed by atoms with Gasteiger partial charge in [-0.2, -0.15) is 0 Å². The van der Waals surface area contributed by atoms with E-state index in [0.717, 1.165) is 6.61 Å². The zero-order valence-corrected chi connectivity index (χ0v) is 10.3. The number of hydrogen-bond acceptors (Lipinski definition) is 2. The highest BCUT2D eigenvalue weighted by molar-refractivity contribution is 7.99. The summed E-state index contributed by atoms with van der Waals surface area (Å²) in [4.78, 5) is 0. The molecule has 1 aliphatic heterocycles. The van der Waals surface area contributed by atoms with Gasteiger partial charge in [-0.05, 0) is 25.0 Å². The average Bonchev–Trinajstić information content (AvgIpc) is 2.25. The molecule has 0 aromatic carbocycles. The van der Waals surface area contributed by atoms with Crippen LogP contribution in [0.4, 0.5) is 0 Å². The third-order valence-corrected chi connectivity index (χ3v) is 3.96. The van der Waals surface area contributed by atoms with Gasteiger partial charge < -0.3 is 4.74 Å². The van der Waals surface area contributed by atoms with Crippen LogP contribution < -0.4 is 0 Å². The maximum Gasteiger partial charge on any atom is 0.103 e. The van der Waals surface area contributed by atoms with E-state index in [1.54, 1.807) is 0 Å². The summed E-state index contributed by atoms with van der Waals surface area (Å²) in [6, 6.07) is 0. The number of rotatable bonds is 7. The van der Waals surface area contributed by atoms with E-state index in [1.165, 1.54) is 57.1 Å². The van der Waals surface area contributed by atoms with Crippen molar-refractivity contribution in [3.63, 3.8) is 0 Å². The Morgan fingerprint density at radius 3 is 2.64 bits per heavy atom. The molecule has 1 saturated heterocycles. The molecule has 0 radical (unpaired) electrons. The molecule has 0 aromatic rings. The van der Waals surface area contributed by atoms with Crippen molar-refractivity contribution in [2.45, 2.75) is 63.7 Å². The first-order chi connectivity index (χ1) is 6.93. The van der Waals surface area contributed by atoms with Crippen molar-refractivity contribution < 1.29 is 4.74 Å². The summed E-state index contributed by atoms with van der Waals surface area (Å²) in [5, 5.41) is 0. The van der Waals surface area contributed by atoms with E-state index in [0.29, 0.717) is 5.44 Å². The minimum Gasteiger partial charge on any atom is -0.368 e. The van der Waals surface area contributed by atoms with E-state index in [1.807, 2.05) is 11.8 Å². The van der Waals surface area contributed by atoms with Gasteiger partial charge in [0.05, 0.1) is 0 Å². The van der Waals surface area contributed by atoms with Crippen LogP contribution in [-0.4, -0.2) is 17.8 Å². The molecule has 0 bridgehead atoms. The van der Waals surface area contributed by atoms with Gasteiger partial charge in [0.25, 0.3) is 0 Å². The summed E-state index contributed by atoms with van der Waals surface area (Å²) in [5.41, 5.74) is 0.523. The Hall–Kier alpha value is 0.310. The predicted octanol–water partition coefficient (Wildman–Crippen LogP) is 4.22. The minimum atomic E-state index is 0.523. The van der Waals surface area contributed by atoms with Gasteiger partial charge >= 0.3 is 0 Å². The Kier molecular flexibility index (Phi) is 7.61. The molecule has 0 aliphatic carbocycles. The quantitative estimate of drug-likeness (QED) is 0.589. The van der Waals surface area contributed by atoms with Crippen molar-refractivity contribution >= 4 is 11.8 Å². The topological polar surface area (TPSA) is 9.23 Å². The van der Waals surface area contributed by atoms with E-state index < -0.39 is 0 Å². The largest absolute Gasteiger partial charge is 0.368 e. The number of thioether (sulfide) groups is 1. The predicted molar refractivity (Wildman–Crippen MR) is 64.8 cm³/mol. The van der Waals surface area contributed by atoms with Gasteiger partial charge in [-0.1, -0.05) is 39.0 Å². The SMILES string of the molecule is CCCCCCCCC1OCCCS1. The van der Waals surface area contributed by atoms with E-state index in [-0.39, 0.29) is 0 Å². The first-order valence-electron chi connectivity index (χ1n) is 6.16. The van der Waals surface area contributed by atoms with Crippen LogP contribution in [0, 0.1) is 0 Å². The maximum absolute atomic E-state index is 5.67. The van der Waals surface area contributed by atoms with Crippen molar-refractivity contribution in [2.24, 2.45) is 0 Å². The highest BCUT2D eigenvalue weighted by Gasteiger charge is 2.12. The summed E-state index contributed by atoms with van der Waals surface area (Å²) < 4.78 is 5.67. The summed E-state index contributed by atoms with van der Waals surface area (Å²) >= 11 is 2.01. The Labute approximate surface area is 93.0 Å². The molecular formula is C12H24OS. The molecule has 1 fully saturated rings. The van der Waals surface area contributed by atoms with Crippen LogP contribution >= 0.6 is 11.8 Å². The molecule has 0 saturated carbocycles. The normalized spacial score (nSPS) is 22.5. The lowest BCUT2D eigenvalue weighted by molar-refractivity contribution is 0.0985. The van der Waals surface area contributed by atoms with Crippen LogP contribution in [0.15, 0.2) is 0 Å². The van der Waals surface area contributed by atoms with Gasteiger partial charge in [-0.25, -0.2) is 0 Å². The molecule has 0 N–H and O–H groups in total. The Morgan fingerprint density at radius 2 is 1.93 bits per heavy atom. The highest BCUT2D eigenvalue weighted by Crippen LogP contribution is 2.24. The van der Waals surface area contributed by atoms with E-state index in [2.05, 4.69) is 6.92 Å². The molecule has 1 rings (SSSR count). The van der Waals surface area contributed by atoms with Crippen molar-refractivity contribution in [2.75, 3.05) is 12.4 Å². The lowest BCUT2D eigenvalue weighted by Gasteiger charge is -2.21. The Morgan fingerprint density at radius 1 is 1.14 bits per heavy atom. The second kappa shape index (κ2) is 8.60. The van der Waals surface area contributed by atoms with Crippen molar-refractivity contribution in [3.8, 4) is 0 Å². The van der Waals surface area contributed by atoms with Gasteiger partial charge in [0.1, 0.15) is 5.44 Å². The average molecular weight is 216 g/mol. The molecule has 0 spiro atoms. The molecule has 1 atom stereocenters. The van der Waals surface area contributed by atoms with Crippen LogP contribution in [-0.2, 0) is 4.74 Å². The number of ether oxygens (including phenoxy) is 1. The van der Waals surface area contributed by atoms with E-state index in [9.17, 15) is 0 Å². The lowest BCUT2D eigenvalue weighted by Crippen LogP contribution is -2.16. The van der Waals surface area contributed by atoms with Crippen LogP contribution in [0.1, 0.15) is 58.3 Å². The first-order valence-corrected chi connectivity index (χ1v) is 7.21. The molecule has 1 aliphatic rings. The molecular weight excluding hydrogens is 192 g/mol. The summed E-state index contributed by atoms with van der Waals surface area (Å²) in [5.74, 6) is 1.31. The monoisotopic (exact) mass is 216 g/mol. The summed E-state index contributed by atoms with van der Waals surface area (Å²) in [6.45, 7) is 3.26. The zero-order chi connectivity index (χ0) is 10.1. The first kappa shape index (κ1) is 12.4. The number of hydrogen-bond donors (Lipinski definition) is 0. The summed E-state index contributed by atoms with van der Waals surface area (Å²) in [7, 11) is 0. The molecule has 1 nitrogen and oxygen atoms in total. The molecule has 0 aromatic heterocycles. The third-order valence-electron chi connectivity index (χ3n) is 2.69. The molecule has 84 valence electrons. The fourth-order valence-electron chi connectivity index (χ4n) is 1.79. The Bertz CT molecular complexity index is 121. The van der Waals surface area contributed by atoms with Gasteiger partial charge in [-0.3, -0.25) is 0 Å². The molecule has 14 heavy (non-hydrogen) atoms. The van der Waals surface area contributed by atoms with Crippen LogP contribution in [0.5, 0.6) is 0 Å². The third kappa shape index (κ3) is 5.92. The molecule has 0 amide bonds. The highest BCUT2D eigenvalue weighted by atomic mass is 32.2. The van der Waals surface area contributed by atoms with Gasteiger partial charge in [0.15, 0.2) is 0 Å². The van der Waals surface area contributed by atoms with Gasteiger partial charge in [0, 0.05) is 6.61 Å². The Balaban J connectivity index is 1.82. The van der Waals surface area contributed by atoms with Crippen LogP contribution in [0.2, 0.25) is 0 Å². The minimum absolute atomic E-state index is 0.523. The standard InChI is InChI=1S/C12H24OS/c1-2-3-4-5-6-7-9-12-13-10-8-11-14-12/h12H,2-11H2,1H3. The number of unbranched alkanes of at least 4 members (excludes halogenated alkanes) is 5. The fraction of sp³-hybridized carbons (Fsp3) is 1.00. The van der Waals surface area contributed by atoms with E-state index >= 15 is 0 Å². The molecule has 2 heteroatoms. The van der Waals surface area contributed by atoms with Crippen molar-refractivity contribution in [1.82, 2.24) is 0 Å². The van der Waals surface area contributed by atoms with Crippen molar-refractivity contribution in [1.29, 1.82) is 0 Å². The van der Waals surface area contributed by atoms with Crippen LogP contribution in [0.3, 0.4) is 0 Å². The summed E-state index contributed by atoms with van der Waals surface area (Å²) in [6.07, 6.45) is 10.9. The van der Waals surface area contributed by atoms with Gasteiger partial charge in [0.2, 0.25) is 0 Å². The maximum atomic E-state index is 5.67. The zero-order valence-electron chi connectivity index (χ0n) is 9.46.